The Morgan fingerprint density at radius 2 is 1.81 bits per heavy atom. The molecule has 0 aliphatic heterocycles. The van der Waals surface area contributed by atoms with Gasteiger partial charge in [0.25, 0.3) is 5.89 Å². The van der Waals surface area contributed by atoms with Crippen LogP contribution in [0.15, 0.2) is 53.1 Å². The van der Waals surface area contributed by atoms with Crippen LogP contribution in [0.4, 0.5) is 0 Å². The molecule has 1 aromatic heterocycles. The lowest BCUT2D eigenvalue weighted by atomic mass is 10.2. The van der Waals surface area contributed by atoms with Crippen molar-refractivity contribution in [1.29, 1.82) is 0 Å². The fourth-order valence-electron chi connectivity index (χ4n) is 1.73. The first-order valence-corrected chi connectivity index (χ1v) is 6.93. The Kier molecular flexibility index (Phi) is 4.08. The van der Waals surface area contributed by atoms with Gasteiger partial charge in [0.05, 0.1) is 0 Å². The van der Waals surface area contributed by atoms with Gasteiger partial charge in [-0.1, -0.05) is 34.4 Å². The van der Waals surface area contributed by atoms with Crippen molar-refractivity contribution in [2.24, 2.45) is 0 Å². The molecular weight excluding hydrogens is 311 g/mol. The number of nitrogens with zero attached hydrogens (tertiary/aromatic N) is 2. The maximum Gasteiger partial charge on any atom is 0.264 e. The van der Waals surface area contributed by atoms with Crippen LogP contribution in [0.2, 0.25) is 10.0 Å². The molecule has 0 spiro atoms. The van der Waals surface area contributed by atoms with Crippen molar-refractivity contribution in [3.05, 3.63) is 64.5 Å². The second kappa shape index (κ2) is 6.16. The normalized spacial score (nSPS) is 10.6. The molecule has 0 saturated heterocycles. The summed E-state index contributed by atoms with van der Waals surface area (Å²) in [5.74, 6) is 1.53. The average Bonchev–Trinajstić information content (AvgIpc) is 2.95. The Labute approximate surface area is 131 Å². The van der Waals surface area contributed by atoms with Crippen molar-refractivity contribution < 1.29 is 9.26 Å². The van der Waals surface area contributed by atoms with Crippen LogP contribution in [-0.4, -0.2) is 10.1 Å². The molecule has 21 heavy (non-hydrogen) atoms. The second-order valence-corrected chi connectivity index (χ2v) is 5.14. The molecule has 0 amide bonds. The van der Waals surface area contributed by atoms with Crippen LogP contribution >= 0.6 is 23.2 Å². The second-order valence-electron chi connectivity index (χ2n) is 4.26. The minimum absolute atomic E-state index is 0.181. The van der Waals surface area contributed by atoms with Gasteiger partial charge in [-0.15, -0.1) is 0 Å². The summed E-state index contributed by atoms with van der Waals surface area (Å²) < 4.78 is 10.7. The van der Waals surface area contributed by atoms with E-state index < -0.39 is 0 Å². The van der Waals surface area contributed by atoms with Crippen LogP contribution < -0.4 is 4.74 Å². The van der Waals surface area contributed by atoms with Crippen LogP contribution in [0.25, 0.3) is 11.4 Å². The highest BCUT2D eigenvalue weighted by Gasteiger charge is 2.09. The van der Waals surface area contributed by atoms with Crippen LogP contribution in [-0.2, 0) is 6.61 Å². The summed E-state index contributed by atoms with van der Waals surface area (Å²) in [6.07, 6.45) is 0. The standard InChI is InChI=1S/C15H10Cl2N2O2/c16-11-6-4-10(5-7-11)15-18-14(21-19-15)9-20-13-3-1-2-12(17)8-13/h1-8H,9H2. The molecule has 2 aromatic carbocycles. The largest absolute Gasteiger partial charge is 0.484 e. The molecule has 3 aromatic rings. The lowest BCUT2D eigenvalue weighted by Gasteiger charge is -2.02. The first-order chi connectivity index (χ1) is 10.2. The third kappa shape index (κ3) is 3.54. The molecule has 0 N–H and O–H groups in total. The number of rotatable bonds is 4. The topological polar surface area (TPSA) is 48.2 Å². The molecule has 0 saturated carbocycles. The van der Waals surface area contributed by atoms with Gasteiger partial charge in [0, 0.05) is 15.6 Å². The Morgan fingerprint density at radius 1 is 1.00 bits per heavy atom. The summed E-state index contributed by atoms with van der Waals surface area (Å²) in [4.78, 5) is 4.27. The minimum Gasteiger partial charge on any atom is -0.484 e. The Hall–Kier alpha value is -2.04. The highest BCUT2D eigenvalue weighted by Crippen LogP contribution is 2.20. The van der Waals surface area contributed by atoms with E-state index >= 15 is 0 Å². The van der Waals surface area contributed by atoms with Crippen LogP contribution in [0.5, 0.6) is 5.75 Å². The molecule has 4 nitrogen and oxygen atoms in total. The molecule has 0 aliphatic carbocycles. The molecule has 0 aliphatic rings. The summed E-state index contributed by atoms with van der Waals surface area (Å²) >= 11 is 11.7. The maximum atomic E-state index is 5.88. The Bertz CT molecular complexity index is 741. The molecule has 0 radical (unpaired) electrons. The summed E-state index contributed by atoms with van der Waals surface area (Å²) in [6, 6.07) is 14.3. The number of hydrogen-bond donors (Lipinski definition) is 0. The quantitative estimate of drug-likeness (QED) is 0.703. The number of benzene rings is 2. The van der Waals surface area contributed by atoms with Crippen molar-refractivity contribution in [1.82, 2.24) is 10.1 Å². The Balaban J connectivity index is 1.69. The van der Waals surface area contributed by atoms with Gasteiger partial charge >= 0.3 is 0 Å². The third-order valence-electron chi connectivity index (χ3n) is 2.73. The molecule has 0 atom stereocenters. The van der Waals surface area contributed by atoms with Crippen molar-refractivity contribution in [3.63, 3.8) is 0 Å². The van der Waals surface area contributed by atoms with Crippen LogP contribution in [0.3, 0.4) is 0 Å². The minimum atomic E-state index is 0.181. The van der Waals surface area contributed by atoms with E-state index in [1.807, 2.05) is 24.3 Å². The van der Waals surface area contributed by atoms with E-state index in [1.54, 1.807) is 24.3 Å². The lowest BCUT2D eigenvalue weighted by molar-refractivity contribution is 0.243. The van der Waals surface area contributed by atoms with Gasteiger partial charge in [-0.25, -0.2) is 0 Å². The fraction of sp³-hybridized carbons (Fsp3) is 0.0667. The van der Waals surface area contributed by atoms with Crippen molar-refractivity contribution in [2.45, 2.75) is 6.61 Å². The van der Waals surface area contributed by atoms with E-state index in [4.69, 9.17) is 32.5 Å². The van der Waals surface area contributed by atoms with Gasteiger partial charge in [-0.2, -0.15) is 4.98 Å². The van der Waals surface area contributed by atoms with E-state index in [0.717, 1.165) is 5.56 Å². The van der Waals surface area contributed by atoms with Crippen LogP contribution in [0.1, 0.15) is 5.89 Å². The first kappa shape index (κ1) is 13.9. The van der Waals surface area contributed by atoms with Gasteiger partial charge in [0.2, 0.25) is 5.82 Å². The van der Waals surface area contributed by atoms with E-state index in [9.17, 15) is 0 Å². The smallest absolute Gasteiger partial charge is 0.264 e. The molecular formula is C15H10Cl2N2O2. The number of halogens is 2. The molecule has 106 valence electrons. The van der Waals surface area contributed by atoms with Gasteiger partial charge in [0.1, 0.15) is 5.75 Å². The summed E-state index contributed by atoms with van der Waals surface area (Å²) in [6.45, 7) is 0.181. The van der Waals surface area contributed by atoms with E-state index in [1.165, 1.54) is 0 Å². The van der Waals surface area contributed by atoms with E-state index in [-0.39, 0.29) is 6.61 Å². The summed E-state index contributed by atoms with van der Waals surface area (Å²) in [7, 11) is 0. The average molecular weight is 321 g/mol. The van der Waals surface area contributed by atoms with Gasteiger partial charge in [-0.05, 0) is 42.5 Å². The zero-order chi connectivity index (χ0) is 14.7. The zero-order valence-corrected chi connectivity index (χ0v) is 12.3. The highest BCUT2D eigenvalue weighted by molar-refractivity contribution is 6.30. The van der Waals surface area contributed by atoms with Gasteiger partial charge in [0.15, 0.2) is 6.61 Å². The number of hydrogen-bond acceptors (Lipinski definition) is 4. The van der Waals surface area contributed by atoms with Crippen molar-refractivity contribution in [2.75, 3.05) is 0 Å². The molecule has 0 bridgehead atoms. The van der Waals surface area contributed by atoms with Crippen molar-refractivity contribution >= 4 is 23.2 Å². The van der Waals surface area contributed by atoms with E-state index in [0.29, 0.717) is 27.5 Å². The fourth-order valence-corrected chi connectivity index (χ4v) is 2.04. The summed E-state index contributed by atoms with van der Waals surface area (Å²) in [5.41, 5.74) is 0.831. The Morgan fingerprint density at radius 3 is 2.57 bits per heavy atom. The molecule has 0 fully saturated rings. The van der Waals surface area contributed by atoms with E-state index in [2.05, 4.69) is 10.1 Å². The predicted molar refractivity (Wildman–Crippen MR) is 80.5 cm³/mol. The van der Waals surface area contributed by atoms with Gasteiger partial charge in [-0.3, -0.25) is 0 Å². The highest BCUT2D eigenvalue weighted by atomic mass is 35.5. The summed E-state index contributed by atoms with van der Waals surface area (Å²) in [5, 5.41) is 5.18. The van der Waals surface area contributed by atoms with Crippen LogP contribution in [0, 0.1) is 0 Å². The molecule has 0 unspecified atom stereocenters. The molecule has 3 rings (SSSR count). The number of ether oxygens (including phenoxy) is 1. The molecule has 6 heteroatoms. The maximum absolute atomic E-state index is 5.88. The lowest BCUT2D eigenvalue weighted by Crippen LogP contribution is -1.95. The number of aromatic nitrogens is 2. The SMILES string of the molecule is Clc1ccc(-c2noc(COc3cccc(Cl)c3)n2)cc1. The molecule has 1 heterocycles. The van der Waals surface area contributed by atoms with Crippen molar-refractivity contribution in [3.8, 4) is 17.1 Å². The third-order valence-corrected chi connectivity index (χ3v) is 3.22. The monoisotopic (exact) mass is 320 g/mol. The van der Waals surface area contributed by atoms with Gasteiger partial charge < -0.3 is 9.26 Å². The predicted octanol–water partition coefficient (Wildman–Crippen LogP) is 4.62. The first-order valence-electron chi connectivity index (χ1n) is 6.17. The zero-order valence-electron chi connectivity index (χ0n) is 10.8.